The van der Waals surface area contributed by atoms with Gasteiger partial charge in [0, 0.05) is 5.69 Å². The van der Waals surface area contributed by atoms with Crippen molar-refractivity contribution < 1.29 is 0 Å². The van der Waals surface area contributed by atoms with Crippen LogP contribution in [-0.4, -0.2) is 23.1 Å². The molecule has 0 bridgehead atoms. The lowest BCUT2D eigenvalue weighted by atomic mass is 10.1. The Labute approximate surface area is 95.3 Å². The Balaban J connectivity index is 2.84. The molecule has 5 nitrogen and oxygen atoms in total. The normalized spacial score (nSPS) is 10.7. The van der Waals surface area contributed by atoms with Crippen molar-refractivity contribution in [2.45, 2.75) is 32.6 Å². The molecule has 0 fully saturated rings. The maximum atomic E-state index is 11.7. The topological polar surface area (TPSA) is 97.8 Å². The number of nitrogens with zero attached hydrogens (tertiary/aromatic N) is 1. The second kappa shape index (κ2) is 6.40. The predicted octanol–water partition coefficient (Wildman–Crippen LogP) is -0.139. The lowest BCUT2D eigenvalue weighted by Crippen LogP contribution is -2.20. The van der Waals surface area contributed by atoms with E-state index in [1.165, 1.54) is 0 Å². The van der Waals surface area contributed by atoms with Crippen LogP contribution in [-0.2, 0) is 12.8 Å². The zero-order chi connectivity index (χ0) is 12.0. The van der Waals surface area contributed by atoms with Crippen molar-refractivity contribution in [1.29, 1.82) is 0 Å². The summed E-state index contributed by atoms with van der Waals surface area (Å²) in [6.07, 6.45) is 3.07. The first-order valence-electron chi connectivity index (χ1n) is 5.67. The van der Waals surface area contributed by atoms with Crippen molar-refractivity contribution in [2.24, 2.45) is 11.5 Å². The van der Waals surface area contributed by atoms with Gasteiger partial charge >= 0.3 is 0 Å². The zero-order valence-electron chi connectivity index (χ0n) is 9.75. The lowest BCUT2D eigenvalue weighted by Gasteiger charge is -2.06. The van der Waals surface area contributed by atoms with Gasteiger partial charge in [-0.1, -0.05) is 0 Å². The monoisotopic (exact) mass is 224 g/mol. The quantitative estimate of drug-likeness (QED) is 0.626. The molecule has 0 unspecified atom stereocenters. The van der Waals surface area contributed by atoms with Gasteiger partial charge in [0.2, 0.25) is 0 Å². The van der Waals surface area contributed by atoms with E-state index in [9.17, 15) is 4.79 Å². The van der Waals surface area contributed by atoms with Crippen molar-refractivity contribution in [1.82, 2.24) is 9.97 Å². The number of aromatic amines is 1. The molecule has 0 amide bonds. The molecule has 0 aliphatic carbocycles. The maximum Gasteiger partial charge on any atom is 0.269 e. The van der Waals surface area contributed by atoms with Crippen LogP contribution in [0.15, 0.2) is 4.79 Å². The van der Waals surface area contributed by atoms with Gasteiger partial charge in [-0.2, -0.15) is 0 Å². The van der Waals surface area contributed by atoms with Gasteiger partial charge in [0.1, 0.15) is 5.69 Å². The predicted molar refractivity (Wildman–Crippen MR) is 64.3 cm³/mol. The molecular weight excluding hydrogens is 204 g/mol. The van der Waals surface area contributed by atoms with E-state index in [-0.39, 0.29) is 5.56 Å². The third kappa shape index (κ3) is 3.43. The molecule has 5 heteroatoms. The zero-order valence-corrected chi connectivity index (χ0v) is 9.75. The Morgan fingerprint density at radius 2 is 1.81 bits per heavy atom. The van der Waals surface area contributed by atoms with E-state index in [1.807, 2.05) is 6.92 Å². The second-order valence-electron chi connectivity index (χ2n) is 3.86. The van der Waals surface area contributed by atoms with Crippen LogP contribution in [0.4, 0.5) is 0 Å². The van der Waals surface area contributed by atoms with Crippen LogP contribution in [0.25, 0.3) is 0 Å². The van der Waals surface area contributed by atoms with Crippen LogP contribution in [0, 0.1) is 6.92 Å². The maximum absolute atomic E-state index is 11.7. The molecule has 16 heavy (non-hydrogen) atoms. The Hall–Kier alpha value is -1.20. The van der Waals surface area contributed by atoms with Gasteiger partial charge in [0.15, 0.2) is 0 Å². The van der Waals surface area contributed by atoms with Gasteiger partial charge in [-0.05, 0) is 45.7 Å². The molecule has 0 aliphatic rings. The summed E-state index contributed by atoms with van der Waals surface area (Å²) in [5.74, 6) is 0. The number of aryl methyl sites for hydroxylation is 3. The second-order valence-corrected chi connectivity index (χ2v) is 3.86. The first kappa shape index (κ1) is 12.9. The summed E-state index contributed by atoms with van der Waals surface area (Å²) in [4.78, 5) is 18.9. The fourth-order valence-electron chi connectivity index (χ4n) is 1.58. The average Bonchev–Trinajstić information content (AvgIpc) is 2.28. The Kier molecular flexibility index (Phi) is 5.14. The Morgan fingerprint density at radius 3 is 2.44 bits per heavy atom. The van der Waals surface area contributed by atoms with Crippen LogP contribution in [0.2, 0.25) is 0 Å². The summed E-state index contributed by atoms with van der Waals surface area (Å²) in [6.45, 7) is 3.11. The van der Waals surface area contributed by atoms with E-state index in [0.717, 1.165) is 30.7 Å². The molecule has 90 valence electrons. The van der Waals surface area contributed by atoms with Crippen molar-refractivity contribution in [3.63, 3.8) is 0 Å². The molecule has 0 atom stereocenters. The molecule has 0 aromatic carbocycles. The number of nitrogens with two attached hydrogens (primary N) is 2. The molecule has 1 heterocycles. The van der Waals surface area contributed by atoms with E-state index in [2.05, 4.69) is 9.97 Å². The highest BCUT2D eigenvalue weighted by Crippen LogP contribution is 2.03. The minimum atomic E-state index is -0.0916. The van der Waals surface area contributed by atoms with Gasteiger partial charge in [-0.25, -0.2) is 0 Å². The number of hydrogen-bond donors (Lipinski definition) is 3. The molecule has 0 spiro atoms. The molecule has 1 rings (SSSR count). The molecule has 1 aromatic heterocycles. The first-order chi connectivity index (χ1) is 7.69. The van der Waals surface area contributed by atoms with E-state index in [1.54, 1.807) is 0 Å². The smallest absolute Gasteiger partial charge is 0.269 e. The van der Waals surface area contributed by atoms with Gasteiger partial charge in [0.05, 0.1) is 5.69 Å². The largest absolute Gasteiger partial charge is 0.330 e. The summed E-state index contributed by atoms with van der Waals surface area (Å²) < 4.78 is 0. The summed E-state index contributed by atoms with van der Waals surface area (Å²) in [5, 5.41) is 0. The minimum absolute atomic E-state index is 0.0916. The van der Waals surface area contributed by atoms with Gasteiger partial charge < -0.3 is 16.5 Å². The molecular formula is C11H20N4O. The SMILES string of the molecule is Cc1nc(CCCN)c(=O)[nH]c1CCCN. The van der Waals surface area contributed by atoms with Crippen molar-refractivity contribution in [3.05, 3.63) is 27.4 Å². The van der Waals surface area contributed by atoms with Crippen LogP contribution in [0.5, 0.6) is 0 Å². The number of aromatic nitrogens is 2. The average molecular weight is 224 g/mol. The van der Waals surface area contributed by atoms with Gasteiger partial charge in [0.25, 0.3) is 5.56 Å². The van der Waals surface area contributed by atoms with Gasteiger partial charge in [-0.15, -0.1) is 0 Å². The summed E-state index contributed by atoms with van der Waals surface area (Å²) in [7, 11) is 0. The van der Waals surface area contributed by atoms with Crippen molar-refractivity contribution in [3.8, 4) is 0 Å². The van der Waals surface area contributed by atoms with Crippen molar-refractivity contribution in [2.75, 3.05) is 13.1 Å². The Bertz CT molecular complexity index is 386. The highest BCUT2D eigenvalue weighted by atomic mass is 16.1. The van der Waals surface area contributed by atoms with Crippen LogP contribution < -0.4 is 17.0 Å². The number of nitrogens with one attached hydrogen (secondary N) is 1. The van der Waals surface area contributed by atoms with E-state index < -0.39 is 0 Å². The van der Waals surface area contributed by atoms with Crippen LogP contribution in [0.3, 0.4) is 0 Å². The number of H-pyrrole nitrogens is 1. The van der Waals surface area contributed by atoms with E-state index in [4.69, 9.17) is 11.5 Å². The molecule has 5 N–H and O–H groups in total. The first-order valence-corrected chi connectivity index (χ1v) is 5.67. The highest BCUT2D eigenvalue weighted by molar-refractivity contribution is 5.13. The third-order valence-corrected chi connectivity index (χ3v) is 2.51. The fourth-order valence-corrected chi connectivity index (χ4v) is 1.58. The molecule has 0 radical (unpaired) electrons. The fraction of sp³-hybridized carbons (Fsp3) is 0.636. The lowest BCUT2D eigenvalue weighted by molar-refractivity contribution is 0.752. The summed E-state index contributed by atoms with van der Waals surface area (Å²) in [6, 6.07) is 0. The van der Waals surface area contributed by atoms with E-state index in [0.29, 0.717) is 25.2 Å². The van der Waals surface area contributed by atoms with Crippen LogP contribution >= 0.6 is 0 Å². The van der Waals surface area contributed by atoms with E-state index >= 15 is 0 Å². The number of hydrogen-bond acceptors (Lipinski definition) is 4. The molecule has 0 saturated heterocycles. The number of rotatable bonds is 6. The summed E-state index contributed by atoms with van der Waals surface area (Å²) >= 11 is 0. The molecule has 0 saturated carbocycles. The van der Waals surface area contributed by atoms with Crippen molar-refractivity contribution >= 4 is 0 Å². The molecule has 1 aromatic rings. The van der Waals surface area contributed by atoms with Gasteiger partial charge in [-0.3, -0.25) is 9.78 Å². The Morgan fingerprint density at radius 1 is 1.19 bits per heavy atom. The third-order valence-electron chi connectivity index (χ3n) is 2.51. The minimum Gasteiger partial charge on any atom is -0.330 e. The summed E-state index contributed by atoms with van der Waals surface area (Å²) in [5.41, 5.74) is 13.1. The standard InChI is InChI=1S/C11H20N4O/c1-8-9(4-2-6-12)15-11(16)10(14-8)5-3-7-13/h2-7,12-13H2,1H3,(H,15,16). The molecule has 0 aliphatic heterocycles. The highest BCUT2D eigenvalue weighted by Gasteiger charge is 2.06. The van der Waals surface area contributed by atoms with Crippen LogP contribution in [0.1, 0.15) is 29.9 Å².